The van der Waals surface area contributed by atoms with Crippen molar-refractivity contribution < 1.29 is 8.78 Å². The van der Waals surface area contributed by atoms with Crippen molar-refractivity contribution in [3.05, 3.63) is 59.8 Å². The monoisotopic (exact) mass is 447 g/mol. The zero-order valence-corrected chi connectivity index (χ0v) is 18.1. The van der Waals surface area contributed by atoms with Gasteiger partial charge < -0.3 is 16.0 Å². The van der Waals surface area contributed by atoms with Crippen molar-refractivity contribution in [2.24, 2.45) is 5.73 Å². The molecule has 1 saturated heterocycles. The zero-order valence-electron chi connectivity index (χ0n) is 18.1. The second-order valence-electron chi connectivity index (χ2n) is 8.59. The molecule has 0 spiro atoms. The number of benzene rings is 1. The number of halogens is 2. The first-order valence-electron chi connectivity index (χ1n) is 11.1. The first-order valence-corrected chi connectivity index (χ1v) is 11.1. The van der Waals surface area contributed by atoms with E-state index in [-0.39, 0.29) is 6.04 Å². The van der Waals surface area contributed by atoms with Gasteiger partial charge in [-0.05, 0) is 18.9 Å². The number of anilines is 2. The van der Waals surface area contributed by atoms with E-state index >= 15 is 4.39 Å². The van der Waals surface area contributed by atoms with E-state index < -0.39 is 11.6 Å². The molecule has 33 heavy (non-hydrogen) atoms. The maximum atomic E-state index is 15.3. The molecule has 7 nitrogen and oxygen atoms in total. The number of nitrogens with two attached hydrogens (primary N) is 1. The fourth-order valence-corrected chi connectivity index (χ4v) is 5.04. The van der Waals surface area contributed by atoms with Crippen molar-refractivity contribution in [2.45, 2.75) is 25.8 Å². The number of hydrogen-bond acceptors (Lipinski definition) is 6. The topological polar surface area (TPSA) is 84.4 Å². The quantitative estimate of drug-likeness (QED) is 0.438. The van der Waals surface area contributed by atoms with E-state index in [1.807, 2.05) is 19.2 Å². The Bertz CT molecular complexity index is 1400. The molecular weight excluding hydrogens is 424 g/mol. The molecule has 1 aliphatic carbocycles. The van der Waals surface area contributed by atoms with Crippen molar-refractivity contribution in [1.29, 1.82) is 0 Å². The minimum atomic E-state index is -0.869. The lowest BCUT2D eigenvalue weighted by molar-refractivity contribution is 0.511. The van der Waals surface area contributed by atoms with Crippen LogP contribution in [-0.4, -0.2) is 45.3 Å². The lowest BCUT2D eigenvalue weighted by Gasteiger charge is -2.25. The Kier molecular flexibility index (Phi) is 4.55. The van der Waals surface area contributed by atoms with Crippen LogP contribution in [0.4, 0.5) is 20.2 Å². The number of fused-ring (bicyclic) bond motifs is 4. The number of hydrogen-bond donors (Lipinski definition) is 2. The van der Waals surface area contributed by atoms with Crippen LogP contribution in [0.25, 0.3) is 27.9 Å². The van der Waals surface area contributed by atoms with Gasteiger partial charge in [-0.15, -0.1) is 0 Å². The summed E-state index contributed by atoms with van der Waals surface area (Å²) in [5, 5.41) is 7.47. The number of pyridine rings is 1. The number of nitrogens with zero attached hydrogens (tertiary/aromatic N) is 5. The van der Waals surface area contributed by atoms with E-state index in [1.165, 1.54) is 6.07 Å². The van der Waals surface area contributed by atoms with Crippen molar-refractivity contribution in [3.8, 4) is 22.3 Å². The van der Waals surface area contributed by atoms with Gasteiger partial charge in [-0.2, -0.15) is 5.10 Å². The molecule has 0 saturated carbocycles. The molecule has 4 aromatic rings. The second kappa shape index (κ2) is 7.48. The van der Waals surface area contributed by atoms with Crippen LogP contribution in [0.1, 0.15) is 24.6 Å². The van der Waals surface area contributed by atoms with Gasteiger partial charge in [-0.3, -0.25) is 4.98 Å². The van der Waals surface area contributed by atoms with Gasteiger partial charge in [0.15, 0.2) is 17.3 Å². The average Bonchev–Trinajstić information content (AvgIpc) is 3.54. The number of aromatic nitrogens is 4. The highest BCUT2D eigenvalue weighted by Gasteiger charge is 2.35. The molecule has 1 aliphatic heterocycles. The fourth-order valence-electron chi connectivity index (χ4n) is 5.04. The van der Waals surface area contributed by atoms with Crippen LogP contribution in [0.3, 0.4) is 0 Å². The standard InChI is InChI=1S/C24H23F2N7/c1-2-28-18-8-17(25)23(26)21-15(18)7-19-22(21)24(32-6-4-14(27)12-32)16(10-29-19)13-9-30-20-3-5-31-33(20)11-13/h3,5,8-11,14,28H,2,4,6-7,12,27H2,1H3. The fraction of sp³-hybridized carbons (Fsp3) is 0.292. The summed E-state index contributed by atoms with van der Waals surface area (Å²) in [5.41, 5.74) is 12.4. The first-order chi connectivity index (χ1) is 16.0. The Balaban J connectivity index is 1.63. The Morgan fingerprint density at radius 3 is 2.88 bits per heavy atom. The molecule has 1 unspecified atom stereocenters. The third-order valence-corrected chi connectivity index (χ3v) is 6.52. The minimum absolute atomic E-state index is 0.0175. The molecule has 3 aromatic heterocycles. The first kappa shape index (κ1) is 20.0. The second-order valence-corrected chi connectivity index (χ2v) is 8.59. The lowest BCUT2D eigenvalue weighted by atomic mass is 9.98. The molecule has 1 fully saturated rings. The van der Waals surface area contributed by atoms with Crippen LogP contribution in [0.5, 0.6) is 0 Å². The molecule has 4 heterocycles. The normalized spacial score (nSPS) is 17.0. The summed E-state index contributed by atoms with van der Waals surface area (Å²) < 4.78 is 31.7. The number of rotatable bonds is 4. The lowest BCUT2D eigenvalue weighted by Crippen LogP contribution is -2.27. The van der Waals surface area contributed by atoms with Crippen LogP contribution in [0, 0.1) is 11.6 Å². The number of nitrogens with one attached hydrogen (secondary N) is 1. The molecule has 1 atom stereocenters. The van der Waals surface area contributed by atoms with Gasteiger partial charge in [-0.25, -0.2) is 18.3 Å². The Hall–Kier alpha value is -3.59. The van der Waals surface area contributed by atoms with E-state index in [0.29, 0.717) is 36.3 Å². The van der Waals surface area contributed by atoms with E-state index in [2.05, 4.69) is 20.3 Å². The van der Waals surface area contributed by atoms with E-state index in [4.69, 9.17) is 10.7 Å². The molecule has 168 valence electrons. The molecule has 9 heteroatoms. The summed E-state index contributed by atoms with van der Waals surface area (Å²) in [6, 6.07) is 3.08. The summed E-state index contributed by atoms with van der Waals surface area (Å²) in [7, 11) is 0. The maximum Gasteiger partial charge on any atom is 0.167 e. The Morgan fingerprint density at radius 1 is 1.21 bits per heavy atom. The molecule has 3 N–H and O–H groups in total. The van der Waals surface area contributed by atoms with E-state index in [9.17, 15) is 4.39 Å². The Labute approximate surface area is 189 Å². The average molecular weight is 447 g/mol. The van der Waals surface area contributed by atoms with Crippen molar-refractivity contribution >= 4 is 17.0 Å². The summed E-state index contributed by atoms with van der Waals surface area (Å²) in [6.07, 6.45) is 8.40. The summed E-state index contributed by atoms with van der Waals surface area (Å²) in [6.45, 7) is 3.90. The predicted octanol–water partition coefficient (Wildman–Crippen LogP) is 3.61. The van der Waals surface area contributed by atoms with E-state index in [0.717, 1.165) is 46.7 Å². The summed E-state index contributed by atoms with van der Waals surface area (Å²) in [5.74, 6) is -1.71. The molecule has 0 amide bonds. The Morgan fingerprint density at radius 2 is 2.09 bits per heavy atom. The molecule has 6 rings (SSSR count). The molecule has 0 bridgehead atoms. The van der Waals surface area contributed by atoms with Gasteiger partial charge in [0.1, 0.15) is 0 Å². The third-order valence-electron chi connectivity index (χ3n) is 6.52. The highest BCUT2D eigenvalue weighted by Crippen LogP contribution is 2.50. The molecule has 1 aromatic carbocycles. The highest BCUT2D eigenvalue weighted by molar-refractivity contribution is 5.96. The molecular formula is C24H23F2N7. The van der Waals surface area contributed by atoms with Gasteiger partial charge in [0, 0.05) is 90.8 Å². The van der Waals surface area contributed by atoms with Gasteiger partial charge >= 0.3 is 0 Å². The zero-order chi connectivity index (χ0) is 22.7. The van der Waals surface area contributed by atoms with E-state index in [1.54, 1.807) is 23.1 Å². The predicted molar refractivity (Wildman–Crippen MR) is 123 cm³/mol. The summed E-state index contributed by atoms with van der Waals surface area (Å²) in [4.78, 5) is 11.4. The largest absolute Gasteiger partial charge is 0.385 e. The van der Waals surface area contributed by atoms with Crippen LogP contribution in [0.15, 0.2) is 36.9 Å². The highest BCUT2D eigenvalue weighted by atomic mass is 19.2. The summed E-state index contributed by atoms with van der Waals surface area (Å²) >= 11 is 0. The van der Waals surface area contributed by atoms with Gasteiger partial charge in [0.25, 0.3) is 0 Å². The molecule has 0 radical (unpaired) electrons. The van der Waals surface area contributed by atoms with Crippen LogP contribution in [0.2, 0.25) is 0 Å². The SMILES string of the molecule is CCNc1cc(F)c(F)c2c1Cc1ncc(-c3cnc4ccnn4c3)c(N3CCC(N)C3)c1-2. The van der Waals surface area contributed by atoms with Crippen molar-refractivity contribution in [3.63, 3.8) is 0 Å². The third kappa shape index (κ3) is 3.06. The maximum absolute atomic E-state index is 15.3. The van der Waals surface area contributed by atoms with Crippen molar-refractivity contribution in [1.82, 2.24) is 19.6 Å². The van der Waals surface area contributed by atoms with Crippen LogP contribution >= 0.6 is 0 Å². The van der Waals surface area contributed by atoms with Gasteiger partial charge in [-0.1, -0.05) is 0 Å². The van der Waals surface area contributed by atoms with Crippen LogP contribution < -0.4 is 16.0 Å². The minimum Gasteiger partial charge on any atom is -0.385 e. The van der Waals surface area contributed by atoms with Gasteiger partial charge in [0.05, 0.1) is 17.6 Å². The van der Waals surface area contributed by atoms with Crippen molar-refractivity contribution in [2.75, 3.05) is 29.9 Å². The van der Waals surface area contributed by atoms with Crippen LogP contribution in [-0.2, 0) is 6.42 Å². The molecule has 2 aliphatic rings. The van der Waals surface area contributed by atoms with Gasteiger partial charge in [0.2, 0.25) is 0 Å². The smallest absolute Gasteiger partial charge is 0.167 e.